The number of nitrogens with zero attached hydrogens (tertiary/aromatic N) is 2. The zero-order chi connectivity index (χ0) is 10.7. The quantitative estimate of drug-likeness (QED) is 0.824. The highest BCUT2D eigenvalue weighted by Gasteiger charge is 2.03. The third-order valence-corrected chi connectivity index (χ3v) is 2.42. The van der Waals surface area contributed by atoms with E-state index in [0.29, 0.717) is 6.54 Å². The third kappa shape index (κ3) is 2.07. The van der Waals surface area contributed by atoms with Crippen LogP contribution in [-0.4, -0.2) is 21.5 Å². The van der Waals surface area contributed by atoms with Gasteiger partial charge in [0.1, 0.15) is 0 Å². The number of hydrogen-bond acceptors (Lipinski definition) is 2. The lowest BCUT2D eigenvalue weighted by Crippen LogP contribution is -2.01. The van der Waals surface area contributed by atoms with E-state index in [1.54, 1.807) is 4.68 Å². The standard InChI is InChI=1S/C12H14N2O/c1-10-4-2-3-5-12(10)11-8-13-14(9-11)6-7-15/h2-5,8-9,15H,6-7H2,1H3. The predicted octanol–water partition coefficient (Wildman–Crippen LogP) is 1.85. The number of hydrogen-bond donors (Lipinski definition) is 1. The van der Waals surface area contributed by atoms with Gasteiger partial charge in [0, 0.05) is 11.8 Å². The molecule has 0 spiro atoms. The van der Waals surface area contributed by atoms with Crippen LogP contribution in [0, 0.1) is 6.92 Å². The Balaban J connectivity index is 2.33. The maximum Gasteiger partial charge on any atom is 0.0641 e. The summed E-state index contributed by atoms with van der Waals surface area (Å²) in [6, 6.07) is 8.21. The average Bonchev–Trinajstić information content (AvgIpc) is 2.68. The van der Waals surface area contributed by atoms with Gasteiger partial charge in [-0.1, -0.05) is 24.3 Å². The number of benzene rings is 1. The fraction of sp³-hybridized carbons (Fsp3) is 0.250. The number of rotatable bonds is 3. The van der Waals surface area contributed by atoms with Gasteiger partial charge in [-0.3, -0.25) is 4.68 Å². The van der Waals surface area contributed by atoms with Gasteiger partial charge in [-0.05, 0) is 18.1 Å². The summed E-state index contributed by atoms with van der Waals surface area (Å²) in [5.74, 6) is 0. The SMILES string of the molecule is Cc1ccccc1-c1cnn(CCO)c1. The van der Waals surface area contributed by atoms with Crippen molar-refractivity contribution >= 4 is 0 Å². The van der Waals surface area contributed by atoms with Crippen molar-refractivity contribution in [1.82, 2.24) is 9.78 Å². The summed E-state index contributed by atoms with van der Waals surface area (Å²) in [5, 5.41) is 13.0. The van der Waals surface area contributed by atoms with E-state index in [0.717, 1.165) is 5.56 Å². The molecule has 0 amide bonds. The van der Waals surface area contributed by atoms with Crippen molar-refractivity contribution < 1.29 is 5.11 Å². The molecule has 2 rings (SSSR count). The first-order chi connectivity index (χ1) is 7.31. The molecular formula is C12H14N2O. The minimum Gasteiger partial charge on any atom is -0.394 e. The molecule has 0 radical (unpaired) electrons. The average molecular weight is 202 g/mol. The molecule has 0 aliphatic carbocycles. The molecule has 3 heteroatoms. The van der Waals surface area contributed by atoms with Crippen molar-refractivity contribution in [2.45, 2.75) is 13.5 Å². The van der Waals surface area contributed by atoms with E-state index in [-0.39, 0.29) is 6.61 Å². The van der Waals surface area contributed by atoms with E-state index in [1.807, 2.05) is 24.5 Å². The first kappa shape index (κ1) is 9.93. The van der Waals surface area contributed by atoms with Crippen LogP contribution in [0.5, 0.6) is 0 Å². The minimum atomic E-state index is 0.120. The monoisotopic (exact) mass is 202 g/mol. The minimum absolute atomic E-state index is 0.120. The van der Waals surface area contributed by atoms with Gasteiger partial charge >= 0.3 is 0 Å². The zero-order valence-electron chi connectivity index (χ0n) is 8.72. The molecule has 1 N–H and O–H groups in total. The summed E-state index contributed by atoms with van der Waals surface area (Å²) in [6.07, 6.45) is 3.79. The summed E-state index contributed by atoms with van der Waals surface area (Å²) in [4.78, 5) is 0. The summed E-state index contributed by atoms with van der Waals surface area (Å²) in [5.41, 5.74) is 3.53. The van der Waals surface area contributed by atoms with Crippen LogP contribution in [0.3, 0.4) is 0 Å². The second kappa shape index (κ2) is 4.28. The smallest absolute Gasteiger partial charge is 0.0641 e. The highest BCUT2D eigenvalue weighted by Crippen LogP contribution is 2.21. The molecule has 1 aromatic heterocycles. The Bertz CT molecular complexity index is 448. The van der Waals surface area contributed by atoms with Crippen molar-refractivity contribution in [3.63, 3.8) is 0 Å². The molecule has 0 saturated heterocycles. The van der Waals surface area contributed by atoms with Crippen LogP contribution >= 0.6 is 0 Å². The van der Waals surface area contributed by atoms with Gasteiger partial charge in [-0.2, -0.15) is 5.10 Å². The van der Waals surface area contributed by atoms with Gasteiger partial charge in [0.2, 0.25) is 0 Å². The van der Waals surface area contributed by atoms with E-state index in [4.69, 9.17) is 5.11 Å². The van der Waals surface area contributed by atoms with E-state index in [1.165, 1.54) is 11.1 Å². The predicted molar refractivity (Wildman–Crippen MR) is 59.5 cm³/mol. The largest absolute Gasteiger partial charge is 0.394 e. The molecule has 0 bridgehead atoms. The van der Waals surface area contributed by atoms with Crippen molar-refractivity contribution in [2.24, 2.45) is 0 Å². The van der Waals surface area contributed by atoms with Crippen LogP contribution < -0.4 is 0 Å². The molecule has 3 nitrogen and oxygen atoms in total. The van der Waals surface area contributed by atoms with Crippen LogP contribution in [0.25, 0.3) is 11.1 Å². The maximum absolute atomic E-state index is 8.79. The normalized spacial score (nSPS) is 10.5. The van der Waals surface area contributed by atoms with Crippen molar-refractivity contribution in [1.29, 1.82) is 0 Å². The Hall–Kier alpha value is -1.61. The highest BCUT2D eigenvalue weighted by atomic mass is 16.3. The van der Waals surface area contributed by atoms with E-state index < -0.39 is 0 Å². The summed E-state index contributed by atoms with van der Waals surface area (Å²) in [6.45, 7) is 2.75. The molecular weight excluding hydrogens is 188 g/mol. The van der Waals surface area contributed by atoms with Crippen LogP contribution in [-0.2, 0) is 6.54 Å². The maximum atomic E-state index is 8.79. The molecule has 1 aromatic carbocycles. The Morgan fingerprint density at radius 3 is 2.87 bits per heavy atom. The molecule has 0 saturated carbocycles. The lowest BCUT2D eigenvalue weighted by molar-refractivity contribution is 0.269. The molecule has 0 unspecified atom stereocenters. The fourth-order valence-corrected chi connectivity index (χ4v) is 1.62. The molecule has 78 valence electrons. The number of aryl methyl sites for hydroxylation is 1. The number of aromatic nitrogens is 2. The van der Waals surface area contributed by atoms with Gasteiger partial charge in [0.25, 0.3) is 0 Å². The van der Waals surface area contributed by atoms with Crippen LogP contribution in [0.4, 0.5) is 0 Å². The molecule has 0 atom stereocenters. The van der Waals surface area contributed by atoms with Crippen molar-refractivity contribution in [2.75, 3.05) is 6.61 Å². The van der Waals surface area contributed by atoms with Gasteiger partial charge in [-0.15, -0.1) is 0 Å². The van der Waals surface area contributed by atoms with Crippen LogP contribution in [0.15, 0.2) is 36.7 Å². The van der Waals surface area contributed by atoms with Crippen molar-refractivity contribution in [3.05, 3.63) is 42.2 Å². The van der Waals surface area contributed by atoms with E-state index in [2.05, 4.69) is 24.2 Å². The molecule has 0 aliphatic rings. The van der Waals surface area contributed by atoms with Gasteiger partial charge in [0.05, 0.1) is 19.3 Å². The van der Waals surface area contributed by atoms with Crippen molar-refractivity contribution in [3.8, 4) is 11.1 Å². The topological polar surface area (TPSA) is 38.0 Å². The lowest BCUT2D eigenvalue weighted by Gasteiger charge is -2.01. The van der Waals surface area contributed by atoms with E-state index in [9.17, 15) is 0 Å². The molecule has 0 aliphatic heterocycles. The Morgan fingerprint density at radius 1 is 1.33 bits per heavy atom. The fourth-order valence-electron chi connectivity index (χ4n) is 1.62. The van der Waals surface area contributed by atoms with Gasteiger partial charge in [0.15, 0.2) is 0 Å². The third-order valence-electron chi connectivity index (χ3n) is 2.42. The summed E-state index contributed by atoms with van der Waals surface area (Å²) in [7, 11) is 0. The van der Waals surface area contributed by atoms with Gasteiger partial charge < -0.3 is 5.11 Å². The Morgan fingerprint density at radius 2 is 2.13 bits per heavy atom. The lowest BCUT2D eigenvalue weighted by atomic mass is 10.0. The Labute approximate surface area is 89.0 Å². The molecule has 1 heterocycles. The van der Waals surface area contributed by atoms with E-state index >= 15 is 0 Å². The van der Waals surface area contributed by atoms with Gasteiger partial charge in [-0.25, -0.2) is 0 Å². The summed E-state index contributed by atoms with van der Waals surface area (Å²) < 4.78 is 1.75. The molecule has 15 heavy (non-hydrogen) atoms. The van der Waals surface area contributed by atoms with Crippen LogP contribution in [0.1, 0.15) is 5.56 Å². The second-order valence-corrected chi connectivity index (χ2v) is 3.53. The molecule has 2 aromatic rings. The number of aliphatic hydroxyl groups excluding tert-OH is 1. The second-order valence-electron chi connectivity index (χ2n) is 3.53. The van der Waals surface area contributed by atoms with Crippen LogP contribution in [0.2, 0.25) is 0 Å². The highest BCUT2D eigenvalue weighted by molar-refractivity contribution is 5.65. The number of aliphatic hydroxyl groups is 1. The Kier molecular flexibility index (Phi) is 2.83. The first-order valence-electron chi connectivity index (χ1n) is 5.00. The molecule has 0 fully saturated rings. The summed E-state index contributed by atoms with van der Waals surface area (Å²) >= 11 is 0. The first-order valence-corrected chi connectivity index (χ1v) is 5.00. The zero-order valence-corrected chi connectivity index (χ0v) is 8.72.